The van der Waals surface area contributed by atoms with E-state index in [0.717, 1.165) is 5.69 Å². The number of nitro groups is 1. The van der Waals surface area contributed by atoms with Crippen LogP contribution in [-0.2, 0) is 7.05 Å². The molecule has 0 aliphatic carbocycles. The van der Waals surface area contributed by atoms with E-state index in [4.69, 9.17) is 0 Å². The number of aryl methyl sites for hydroxylation is 1. The summed E-state index contributed by atoms with van der Waals surface area (Å²) >= 11 is 0. The molecule has 0 atom stereocenters. The molecule has 7 heteroatoms. The lowest BCUT2D eigenvalue weighted by molar-refractivity contribution is -0.388. The lowest BCUT2D eigenvalue weighted by Crippen LogP contribution is -2.00. The lowest BCUT2D eigenvalue weighted by atomic mass is 10.4. The van der Waals surface area contributed by atoms with Gasteiger partial charge in [-0.05, 0) is 22.0 Å². The van der Waals surface area contributed by atoms with Gasteiger partial charge in [0.2, 0.25) is 12.1 Å². The summed E-state index contributed by atoms with van der Waals surface area (Å²) in [5, 5.41) is 13.6. The van der Waals surface area contributed by atoms with Gasteiger partial charge >= 0.3 is 5.82 Å². The number of hydrogen-bond donors (Lipinski definition) is 1. The molecular weight excluding hydrogens is 210 g/mol. The van der Waals surface area contributed by atoms with Crippen LogP contribution in [0.2, 0.25) is 0 Å². The van der Waals surface area contributed by atoms with Crippen LogP contribution in [0.3, 0.4) is 0 Å². The van der Waals surface area contributed by atoms with Crippen LogP contribution in [0.15, 0.2) is 30.9 Å². The third kappa shape index (κ3) is 1.83. The first-order valence-electron chi connectivity index (χ1n) is 4.51. The van der Waals surface area contributed by atoms with Crippen molar-refractivity contribution >= 4 is 17.3 Å². The Kier molecular flexibility index (Phi) is 2.50. The Morgan fingerprint density at radius 2 is 2.12 bits per heavy atom. The number of aromatic nitrogens is 3. The Bertz CT molecular complexity index is 508. The number of nitrogens with one attached hydrogen (secondary N) is 1. The van der Waals surface area contributed by atoms with E-state index < -0.39 is 4.92 Å². The van der Waals surface area contributed by atoms with Crippen LogP contribution < -0.4 is 5.32 Å². The highest BCUT2D eigenvalue weighted by atomic mass is 16.6. The summed E-state index contributed by atoms with van der Waals surface area (Å²) in [5.74, 6) is 0.149. The van der Waals surface area contributed by atoms with Crippen molar-refractivity contribution in [2.45, 2.75) is 0 Å². The van der Waals surface area contributed by atoms with Crippen molar-refractivity contribution in [1.82, 2.24) is 14.5 Å². The highest BCUT2D eigenvalue weighted by molar-refractivity contribution is 5.63. The van der Waals surface area contributed by atoms with Crippen LogP contribution in [0, 0.1) is 10.1 Å². The molecule has 0 saturated carbocycles. The molecule has 0 spiro atoms. The standard InChI is InChI=1S/C9H9N5O2/c1-13-6-11-8(14(15)16)9(13)12-7-2-4-10-5-3-7/h2-6H,1H3,(H,10,12). The summed E-state index contributed by atoms with van der Waals surface area (Å²) in [6.07, 6.45) is 4.59. The Labute approximate surface area is 90.9 Å². The molecule has 0 bridgehead atoms. The number of pyridine rings is 1. The zero-order chi connectivity index (χ0) is 11.5. The molecule has 2 aromatic heterocycles. The first kappa shape index (κ1) is 10.1. The maximum atomic E-state index is 10.7. The molecule has 2 aromatic rings. The monoisotopic (exact) mass is 219 g/mol. The number of imidazole rings is 1. The zero-order valence-corrected chi connectivity index (χ0v) is 8.49. The van der Waals surface area contributed by atoms with Crippen molar-refractivity contribution in [2.24, 2.45) is 7.05 Å². The second kappa shape index (κ2) is 3.97. The lowest BCUT2D eigenvalue weighted by Gasteiger charge is -2.05. The molecule has 2 rings (SSSR count). The molecule has 82 valence electrons. The van der Waals surface area contributed by atoms with Gasteiger partial charge in [0, 0.05) is 25.1 Å². The molecule has 1 N–H and O–H groups in total. The average molecular weight is 219 g/mol. The van der Waals surface area contributed by atoms with E-state index in [9.17, 15) is 10.1 Å². The van der Waals surface area contributed by atoms with Crippen LogP contribution in [0.1, 0.15) is 0 Å². The Morgan fingerprint density at radius 1 is 1.44 bits per heavy atom. The first-order chi connectivity index (χ1) is 7.68. The minimum atomic E-state index is -0.524. The normalized spacial score (nSPS) is 10.1. The molecule has 0 aromatic carbocycles. The summed E-state index contributed by atoms with van der Waals surface area (Å²) in [5.41, 5.74) is 0.724. The van der Waals surface area contributed by atoms with Crippen LogP contribution >= 0.6 is 0 Å². The number of nitrogens with zero attached hydrogens (tertiary/aromatic N) is 4. The van der Waals surface area contributed by atoms with Crippen LogP contribution in [0.5, 0.6) is 0 Å². The van der Waals surface area contributed by atoms with Gasteiger partial charge in [-0.25, -0.2) is 0 Å². The molecule has 0 fully saturated rings. The fourth-order valence-corrected chi connectivity index (χ4v) is 1.27. The van der Waals surface area contributed by atoms with Gasteiger partial charge in [0.05, 0.1) is 0 Å². The Hall–Kier alpha value is -2.44. The summed E-state index contributed by atoms with van der Waals surface area (Å²) < 4.78 is 1.55. The van der Waals surface area contributed by atoms with E-state index in [1.165, 1.54) is 6.33 Å². The minimum Gasteiger partial charge on any atom is -0.358 e. The van der Waals surface area contributed by atoms with Gasteiger partial charge in [-0.3, -0.25) is 9.55 Å². The molecule has 7 nitrogen and oxygen atoms in total. The quantitative estimate of drug-likeness (QED) is 0.624. The van der Waals surface area contributed by atoms with Crippen LogP contribution in [-0.4, -0.2) is 19.5 Å². The molecule has 16 heavy (non-hydrogen) atoms. The molecule has 0 aliphatic rings. The fourth-order valence-electron chi connectivity index (χ4n) is 1.27. The van der Waals surface area contributed by atoms with E-state index in [0.29, 0.717) is 5.82 Å². The summed E-state index contributed by atoms with van der Waals surface area (Å²) in [6.45, 7) is 0. The van der Waals surface area contributed by atoms with E-state index in [1.54, 1.807) is 36.1 Å². The van der Waals surface area contributed by atoms with Gasteiger partial charge in [-0.2, -0.15) is 0 Å². The van der Waals surface area contributed by atoms with Crippen molar-refractivity contribution in [3.05, 3.63) is 41.0 Å². The van der Waals surface area contributed by atoms with Gasteiger partial charge in [-0.1, -0.05) is 0 Å². The summed E-state index contributed by atoms with van der Waals surface area (Å²) in [4.78, 5) is 17.7. The Morgan fingerprint density at radius 3 is 2.75 bits per heavy atom. The first-order valence-corrected chi connectivity index (χ1v) is 4.51. The van der Waals surface area contributed by atoms with Gasteiger partial charge in [0.15, 0.2) is 0 Å². The third-order valence-corrected chi connectivity index (χ3v) is 2.03. The van der Waals surface area contributed by atoms with Crippen LogP contribution in [0.4, 0.5) is 17.3 Å². The number of rotatable bonds is 3. The summed E-state index contributed by atoms with van der Waals surface area (Å²) in [7, 11) is 1.68. The molecule has 0 amide bonds. The predicted octanol–water partition coefficient (Wildman–Crippen LogP) is 1.47. The van der Waals surface area contributed by atoms with Crippen molar-refractivity contribution in [3.8, 4) is 0 Å². The topological polar surface area (TPSA) is 85.9 Å². The second-order valence-corrected chi connectivity index (χ2v) is 3.15. The number of hydrogen-bond acceptors (Lipinski definition) is 5. The fraction of sp³-hybridized carbons (Fsp3) is 0.111. The largest absolute Gasteiger partial charge is 0.406 e. The van der Waals surface area contributed by atoms with Crippen molar-refractivity contribution in [2.75, 3.05) is 5.32 Å². The maximum absolute atomic E-state index is 10.7. The zero-order valence-electron chi connectivity index (χ0n) is 8.49. The smallest absolute Gasteiger partial charge is 0.358 e. The van der Waals surface area contributed by atoms with Gasteiger partial charge in [-0.15, -0.1) is 0 Å². The second-order valence-electron chi connectivity index (χ2n) is 3.15. The van der Waals surface area contributed by atoms with E-state index >= 15 is 0 Å². The summed E-state index contributed by atoms with van der Waals surface area (Å²) in [6, 6.07) is 3.44. The highest BCUT2D eigenvalue weighted by Crippen LogP contribution is 2.24. The van der Waals surface area contributed by atoms with Crippen molar-refractivity contribution in [1.29, 1.82) is 0 Å². The SMILES string of the molecule is Cn1cnc([N+](=O)[O-])c1Nc1ccncc1. The van der Waals surface area contributed by atoms with Gasteiger partial charge < -0.3 is 15.4 Å². The van der Waals surface area contributed by atoms with Crippen molar-refractivity contribution < 1.29 is 4.92 Å². The predicted molar refractivity (Wildman–Crippen MR) is 57.4 cm³/mol. The van der Waals surface area contributed by atoms with Gasteiger partial charge in [0.25, 0.3) is 0 Å². The maximum Gasteiger partial charge on any atom is 0.406 e. The highest BCUT2D eigenvalue weighted by Gasteiger charge is 2.19. The minimum absolute atomic E-state index is 0.195. The van der Waals surface area contributed by atoms with E-state index in [2.05, 4.69) is 15.3 Å². The van der Waals surface area contributed by atoms with Crippen LogP contribution in [0.25, 0.3) is 0 Å². The van der Waals surface area contributed by atoms with E-state index in [-0.39, 0.29) is 5.82 Å². The average Bonchev–Trinajstić information content (AvgIpc) is 2.62. The molecule has 0 unspecified atom stereocenters. The van der Waals surface area contributed by atoms with E-state index in [1.807, 2.05) is 0 Å². The molecule has 0 radical (unpaired) electrons. The molecular formula is C9H9N5O2. The van der Waals surface area contributed by atoms with Crippen molar-refractivity contribution in [3.63, 3.8) is 0 Å². The third-order valence-electron chi connectivity index (χ3n) is 2.03. The Balaban J connectivity index is 2.34. The molecule has 2 heterocycles. The molecule has 0 aliphatic heterocycles. The van der Waals surface area contributed by atoms with Gasteiger partial charge in [0.1, 0.15) is 0 Å². The number of anilines is 2. The molecule has 0 saturated heterocycles.